The zero-order valence-corrected chi connectivity index (χ0v) is 10.2. The van der Waals surface area contributed by atoms with Crippen LogP contribution in [-0.4, -0.2) is 6.10 Å². The Balaban J connectivity index is 3.04. The molecule has 0 spiro atoms. The molecule has 0 saturated heterocycles. The van der Waals surface area contributed by atoms with E-state index in [-0.39, 0.29) is 6.10 Å². The lowest BCUT2D eigenvalue weighted by Crippen LogP contribution is -2.06. The molecule has 0 aliphatic rings. The first-order valence-corrected chi connectivity index (χ1v) is 5.54. The summed E-state index contributed by atoms with van der Waals surface area (Å²) in [6.45, 7) is 3.86. The van der Waals surface area contributed by atoms with Crippen molar-refractivity contribution in [1.29, 1.82) is 0 Å². The molecule has 0 N–H and O–H groups in total. The molecule has 1 rings (SSSR count). The fourth-order valence-electron chi connectivity index (χ4n) is 1.02. The average Bonchev–Trinajstić information content (AvgIpc) is 2.13. The minimum absolute atomic E-state index is 0.0745. The predicted octanol–water partition coefficient (Wildman–Crippen LogP) is 4.52. The van der Waals surface area contributed by atoms with Crippen molar-refractivity contribution in [3.05, 3.63) is 27.7 Å². The van der Waals surface area contributed by atoms with Crippen LogP contribution in [0.3, 0.4) is 0 Å². The van der Waals surface area contributed by atoms with Gasteiger partial charge in [-0.25, -0.2) is 0 Å². The maximum absolute atomic E-state index is 6.01. The van der Waals surface area contributed by atoms with Gasteiger partial charge in [-0.1, -0.05) is 29.3 Å². The Kier molecular flexibility index (Phi) is 4.36. The molecule has 0 aliphatic carbocycles. The molecule has 0 radical (unpaired) electrons. The van der Waals surface area contributed by atoms with Crippen molar-refractivity contribution in [3.63, 3.8) is 0 Å². The minimum Gasteiger partial charge on any atom is -0.489 e. The van der Waals surface area contributed by atoms with Gasteiger partial charge >= 0.3 is 0 Å². The normalized spacial score (nSPS) is 10.7. The quantitative estimate of drug-likeness (QED) is 0.720. The van der Waals surface area contributed by atoms with Crippen molar-refractivity contribution in [2.45, 2.75) is 25.8 Å². The molecule has 1 aromatic rings. The van der Waals surface area contributed by atoms with Gasteiger partial charge in [0.05, 0.1) is 11.1 Å². The SMILES string of the molecule is CC(C)Oc1ccc(CCl)c(Cl)c1Cl. The molecule has 78 valence electrons. The van der Waals surface area contributed by atoms with Crippen LogP contribution in [0.1, 0.15) is 19.4 Å². The average molecular weight is 254 g/mol. The van der Waals surface area contributed by atoms with Crippen molar-refractivity contribution in [2.75, 3.05) is 0 Å². The molecule has 0 saturated carbocycles. The molecule has 0 fully saturated rings. The van der Waals surface area contributed by atoms with Crippen LogP contribution < -0.4 is 4.74 Å². The number of ether oxygens (including phenoxy) is 1. The smallest absolute Gasteiger partial charge is 0.139 e. The lowest BCUT2D eigenvalue weighted by molar-refractivity contribution is 0.242. The number of benzene rings is 1. The molecule has 0 atom stereocenters. The van der Waals surface area contributed by atoms with E-state index in [2.05, 4.69) is 0 Å². The molecule has 0 unspecified atom stereocenters. The summed E-state index contributed by atoms with van der Waals surface area (Å²) in [5.41, 5.74) is 0.814. The van der Waals surface area contributed by atoms with E-state index in [1.807, 2.05) is 19.9 Å². The second-order valence-electron chi connectivity index (χ2n) is 3.15. The summed E-state index contributed by atoms with van der Waals surface area (Å²) in [5.74, 6) is 0.945. The van der Waals surface area contributed by atoms with Crippen LogP contribution in [0.15, 0.2) is 12.1 Å². The van der Waals surface area contributed by atoms with Crippen LogP contribution in [-0.2, 0) is 5.88 Å². The molecule has 14 heavy (non-hydrogen) atoms. The van der Waals surface area contributed by atoms with Crippen LogP contribution in [0.5, 0.6) is 5.75 Å². The highest BCUT2D eigenvalue weighted by molar-refractivity contribution is 6.43. The Hall–Kier alpha value is -0.110. The summed E-state index contributed by atoms with van der Waals surface area (Å²) >= 11 is 17.7. The maximum Gasteiger partial charge on any atom is 0.139 e. The Bertz CT molecular complexity index is 323. The van der Waals surface area contributed by atoms with Crippen LogP contribution in [0.25, 0.3) is 0 Å². The van der Waals surface area contributed by atoms with Gasteiger partial charge in [0.15, 0.2) is 0 Å². The second kappa shape index (κ2) is 5.11. The Morgan fingerprint density at radius 1 is 1.21 bits per heavy atom. The van der Waals surface area contributed by atoms with Crippen molar-refractivity contribution in [1.82, 2.24) is 0 Å². The van der Waals surface area contributed by atoms with Crippen molar-refractivity contribution in [2.24, 2.45) is 0 Å². The number of alkyl halides is 1. The maximum atomic E-state index is 6.01. The number of hydrogen-bond acceptors (Lipinski definition) is 1. The molecule has 0 amide bonds. The molecule has 1 aromatic carbocycles. The zero-order chi connectivity index (χ0) is 10.7. The minimum atomic E-state index is 0.0745. The van der Waals surface area contributed by atoms with Crippen molar-refractivity contribution >= 4 is 34.8 Å². The van der Waals surface area contributed by atoms with Gasteiger partial charge in [0.25, 0.3) is 0 Å². The van der Waals surface area contributed by atoms with Gasteiger partial charge in [0.1, 0.15) is 10.8 Å². The van der Waals surface area contributed by atoms with Gasteiger partial charge in [-0.3, -0.25) is 0 Å². The molecule has 0 aromatic heterocycles. The number of rotatable bonds is 3. The predicted molar refractivity (Wildman–Crippen MR) is 61.8 cm³/mol. The third-order valence-corrected chi connectivity index (χ3v) is 2.83. The van der Waals surface area contributed by atoms with Crippen LogP contribution in [0, 0.1) is 0 Å². The van der Waals surface area contributed by atoms with E-state index >= 15 is 0 Å². The Morgan fingerprint density at radius 2 is 1.86 bits per heavy atom. The van der Waals surface area contributed by atoms with Crippen LogP contribution in [0.4, 0.5) is 0 Å². The van der Waals surface area contributed by atoms with Gasteiger partial charge in [-0.15, -0.1) is 11.6 Å². The van der Waals surface area contributed by atoms with E-state index < -0.39 is 0 Å². The highest BCUT2D eigenvalue weighted by Crippen LogP contribution is 2.35. The van der Waals surface area contributed by atoms with E-state index in [9.17, 15) is 0 Å². The summed E-state index contributed by atoms with van der Waals surface area (Å²) in [7, 11) is 0. The van der Waals surface area contributed by atoms with E-state index in [0.717, 1.165) is 5.56 Å². The fourth-order valence-corrected chi connectivity index (χ4v) is 1.76. The van der Waals surface area contributed by atoms with E-state index in [1.165, 1.54) is 0 Å². The molecule has 0 bridgehead atoms. The summed E-state index contributed by atoms with van der Waals surface area (Å²) < 4.78 is 5.47. The number of halogens is 3. The molecular formula is C10H11Cl3O. The van der Waals surface area contributed by atoms with Gasteiger partial charge in [-0.2, -0.15) is 0 Å². The highest BCUT2D eigenvalue weighted by Gasteiger charge is 2.11. The molecule has 0 heterocycles. The first-order valence-electron chi connectivity index (χ1n) is 4.25. The van der Waals surface area contributed by atoms with Crippen LogP contribution >= 0.6 is 34.8 Å². The van der Waals surface area contributed by atoms with Gasteiger partial charge in [-0.05, 0) is 25.5 Å². The third kappa shape index (κ3) is 2.69. The zero-order valence-electron chi connectivity index (χ0n) is 7.98. The Labute approximate surface area is 98.9 Å². The van der Waals surface area contributed by atoms with Gasteiger partial charge in [0.2, 0.25) is 0 Å². The summed E-state index contributed by atoms with van der Waals surface area (Å²) in [4.78, 5) is 0. The van der Waals surface area contributed by atoms with Crippen molar-refractivity contribution in [3.8, 4) is 5.75 Å². The van der Waals surface area contributed by atoms with E-state index in [4.69, 9.17) is 39.5 Å². The van der Waals surface area contributed by atoms with E-state index in [0.29, 0.717) is 21.7 Å². The monoisotopic (exact) mass is 252 g/mol. The second-order valence-corrected chi connectivity index (χ2v) is 4.17. The Morgan fingerprint density at radius 3 is 2.36 bits per heavy atom. The first kappa shape index (κ1) is 12.0. The third-order valence-electron chi connectivity index (χ3n) is 1.63. The summed E-state index contributed by atoms with van der Waals surface area (Å²) in [5, 5.41) is 0.901. The summed E-state index contributed by atoms with van der Waals surface area (Å²) in [6.07, 6.45) is 0.0745. The molecule has 4 heteroatoms. The lowest BCUT2D eigenvalue weighted by atomic mass is 10.2. The van der Waals surface area contributed by atoms with Crippen LogP contribution in [0.2, 0.25) is 10.0 Å². The fraction of sp³-hybridized carbons (Fsp3) is 0.400. The number of hydrogen-bond donors (Lipinski definition) is 0. The van der Waals surface area contributed by atoms with Gasteiger partial charge < -0.3 is 4.74 Å². The largest absolute Gasteiger partial charge is 0.489 e. The van der Waals surface area contributed by atoms with Gasteiger partial charge in [0, 0.05) is 5.88 Å². The molecule has 0 aliphatic heterocycles. The van der Waals surface area contributed by atoms with E-state index in [1.54, 1.807) is 6.07 Å². The molecular weight excluding hydrogens is 242 g/mol. The topological polar surface area (TPSA) is 9.23 Å². The standard InChI is InChI=1S/C10H11Cl3O/c1-6(2)14-8-4-3-7(5-11)9(12)10(8)13/h3-4,6H,5H2,1-2H3. The lowest BCUT2D eigenvalue weighted by Gasteiger charge is -2.13. The molecule has 1 nitrogen and oxygen atoms in total. The summed E-state index contributed by atoms with van der Waals surface area (Å²) in [6, 6.07) is 3.60. The first-order chi connectivity index (χ1) is 6.56. The highest BCUT2D eigenvalue weighted by atomic mass is 35.5. The van der Waals surface area contributed by atoms with Crippen molar-refractivity contribution < 1.29 is 4.74 Å².